The summed E-state index contributed by atoms with van der Waals surface area (Å²) in [6.07, 6.45) is -5.76. The fraction of sp³-hybridized carbons (Fsp3) is 0.765. The van der Waals surface area contributed by atoms with E-state index in [9.17, 15) is 19.2 Å². The molecule has 160 valence electrons. The smallest absolute Gasteiger partial charge is 0.303 e. The van der Waals surface area contributed by atoms with Crippen LogP contribution in [0.1, 0.15) is 27.7 Å². The standard InChI is InChI=1S/C17H27NO10/c1-9(19)24-8-13-14(25-10(2)20)15(26-11(3)21)16(27-12(4)22)17(28-13)23-7-6-18-5/h13-18H,6-8H2,1-5H3/t13-,14-,15+,16-,17?/m1/s1. The minimum atomic E-state index is -1.22. The lowest BCUT2D eigenvalue weighted by Crippen LogP contribution is -2.63. The van der Waals surface area contributed by atoms with Gasteiger partial charge in [-0.3, -0.25) is 19.2 Å². The summed E-state index contributed by atoms with van der Waals surface area (Å²) >= 11 is 0. The van der Waals surface area contributed by atoms with Crippen molar-refractivity contribution in [3.63, 3.8) is 0 Å². The second-order valence-electron chi connectivity index (χ2n) is 6.04. The molecule has 1 saturated heterocycles. The van der Waals surface area contributed by atoms with Crippen LogP contribution >= 0.6 is 0 Å². The summed E-state index contributed by atoms with van der Waals surface area (Å²) in [6.45, 7) is 5.05. The Morgan fingerprint density at radius 3 is 1.86 bits per heavy atom. The predicted molar refractivity (Wildman–Crippen MR) is 91.8 cm³/mol. The van der Waals surface area contributed by atoms with Gasteiger partial charge in [0.15, 0.2) is 24.6 Å². The Balaban J connectivity index is 3.21. The van der Waals surface area contributed by atoms with E-state index >= 15 is 0 Å². The minimum absolute atomic E-state index is 0.185. The highest BCUT2D eigenvalue weighted by Gasteiger charge is 2.52. The van der Waals surface area contributed by atoms with Crippen LogP contribution in [0.4, 0.5) is 0 Å². The van der Waals surface area contributed by atoms with Crippen LogP contribution in [0.3, 0.4) is 0 Å². The lowest BCUT2D eigenvalue weighted by molar-refractivity contribution is -0.307. The van der Waals surface area contributed by atoms with Crippen LogP contribution in [0.2, 0.25) is 0 Å². The summed E-state index contributed by atoms with van der Waals surface area (Å²) < 4.78 is 32.1. The summed E-state index contributed by atoms with van der Waals surface area (Å²) in [5.41, 5.74) is 0. The molecule has 0 aromatic carbocycles. The summed E-state index contributed by atoms with van der Waals surface area (Å²) in [7, 11) is 1.72. The molecule has 1 heterocycles. The second-order valence-corrected chi connectivity index (χ2v) is 6.04. The Morgan fingerprint density at radius 2 is 1.36 bits per heavy atom. The van der Waals surface area contributed by atoms with Gasteiger partial charge in [-0.05, 0) is 7.05 Å². The number of carbonyl (C=O) groups is 4. The van der Waals surface area contributed by atoms with Crippen LogP contribution in [0.5, 0.6) is 0 Å². The Bertz CT molecular complexity index is 566. The van der Waals surface area contributed by atoms with Crippen molar-refractivity contribution in [3.8, 4) is 0 Å². The fourth-order valence-corrected chi connectivity index (χ4v) is 2.60. The van der Waals surface area contributed by atoms with Crippen LogP contribution in [0, 0.1) is 0 Å². The second kappa shape index (κ2) is 11.6. The number of ether oxygens (including phenoxy) is 6. The number of carbonyl (C=O) groups excluding carboxylic acids is 4. The van der Waals surface area contributed by atoms with Crippen LogP contribution in [0.25, 0.3) is 0 Å². The van der Waals surface area contributed by atoms with Crippen molar-refractivity contribution in [2.45, 2.75) is 58.4 Å². The third-order valence-electron chi connectivity index (χ3n) is 3.58. The third kappa shape index (κ3) is 7.79. The molecule has 0 amide bonds. The molecular formula is C17H27NO10. The van der Waals surface area contributed by atoms with Crippen molar-refractivity contribution in [2.75, 3.05) is 26.8 Å². The average molecular weight is 405 g/mol. The summed E-state index contributed by atoms with van der Waals surface area (Å²) in [5.74, 6) is -2.63. The molecule has 1 unspecified atom stereocenters. The number of likely N-dealkylation sites (N-methyl/N-ethyl adjacent to an activating group) is 1. The molecule has 0 aromatic rings. The minimum Gasteiger partial charge on any atom is -0.463 e. The van der Waals surface area contributed by atoms with E-state index in [2.05, 4.69) is 5.32 Å². The van der Waals surface area contributed by atoms with Gasteiger partial charge in [0.2, 0.25) is 0 Å². The molecule has 0 bridgehead atoms. The van der Waals surface area contributed by atoms with Crippen LogP contribution in [0.15, 0.2) is 0 Å². The normalized spacial score (nSPS) is 26.8. The number of hydrogen-bond donors (Lipinski definition) is 1. The molecule has 11 heteroatoms. The Hall–Kier alpha value is -2.24. The van der Waals surface area contributed by atoms with Gasteiger partial charge in [-0.1, -0.05) is 0 Å². The number of nitrogens with one attached hydrogen (secondary N) is 1. The molecule has 0 aliphatic carbocycles. The molecule has 0 radical (unpaired) electrons. The van der Waals surface area contributed by atoms with Crippen LogP contribution in [-0.2, 0) is 47.6 Å². The largest absolute Gasteiger partial charge is 0.463 e. The van der Waals surface area contributed by atoms with Gasteiger partial charge in [0.05, 0.1) is 6.61 Å². The maximum absolute atomic E-state index is 11.6. The molecule has 0 spiro atoms. The van der Waals surface area contributed by atoms with Gasteiger partial charge in [0, 0.05) is 34.2 Å². The first-order valence-corrected chi connectivity index (χ1v) is 8.72. The van der Waals surface area contributed by atoms with Crippen molar-refractivity contribution < 1.29 is 47.6 Å². The van der Waals surface area contributed by atoms with Crippen molar-refractivity contribution >= 4 is 23.9 Å². The molecule has 1 fully saturated rings. The first kappa shape index (κ1) is 23.8. The van der Waals surface area contributed by atoms with E-state index < -0.39 is 54.6 Å². The van der Waals surface area contributed by atoms with E-state index in [0.29, 0.717) is 6.54 Å². The molecule has 11 nitrogen and oxygen atoms in total. The monoisotopic (exact) mass is 405 g/mol. The van der Waals surface area contributed by atoms with E-state index in [1.807, 2.05) is 0 Å². The van der Waals surface area contributed by atoms with Gasteiger partial charge in [-0.25, -0.2) is 0 Å². The lowest BCUT2D eigenvalue weighted by atomic mass is 9.98. The number of rotatable bonds is 9. The molecule has 1 aliphatic rings. The van der Waals surface area contributed by atoms with Crippen molar-refractivity contribution in [3.05, 3.63) is 0 Å². The van der Waals surface area contributed by atoms with E-state index in [1.54, 1.807) is 7.05 Å². The number of hydrogen-bond acceptors (Lipinski definition) is 11. The molecule has 1 N–H and O–H groups in total. The maximum atomic E-state index is 11.6. The highest BCUT2D eigenvalue weighted by Crippen LogP contribution is 2.29. The van der Waals surface area contributed by atoms with E-state index in [0.717, 1.165) is 13.8 Å². The van der Waals surface area contributed by atoms with Crippen molar-refractivity contribution in [1.82, 2.24) is 5.32 Å². The first-order chi connectivity index (χ1) is 13.1. The first-order valence-electron chi connectivity index (χ1n) is 8.72. The van der Waals surface area contributed by atoms with Crippen molar-refractivity contribution in [2.24, 2.45) is 0 Å². The van der Waals surface area contributed by atoms with Crippen molar-refractivity contribution in [1.29, 1.82) is 0 Å². The zero-order valence-electron chi connectivity index (χ0n) is 16.6. The molecular weight excluding hydrogens is 378 g/mol. The van der Waals surface area contributed by atoms with Gasteiger partial charge in [0.25, 0.3) is 0 Å². The molecule has 1 rings (SSSR count). The molecule has 5 atom stereocenters. The quantitative estimate of drug-likeness (QED) is 0.296. The van der Waals surface area contributed by atoms with E-state index in [1.165, 1.54) is 13.8 Å². The molecule has 0 aromatic heterocycles. The summed E-state index contributed by atoms with van der Waals surface area (Å²) in [5, 5.41) is 2.88. The Kier molecular flexibility index (Phi) is 9.83. The zero-order valence-corrected chi connectivity index (χ0v) is 16.6. The predicted octanol–water partition coefficient (Wildman–Crippen LogP) is -0.694. The van der Waals surface area contributed by atoms with Crippen LogP contribution in [-0.4, -0.2) is 81.4 Å². The third-order valence-corrected chi connectivity index (χ3v) is 3.58. The summed E-state index contributed by atoms with van der Waals surface area (Å²) in [6, 6.07) is 0. The SMILES string of the molecule is CNCCOC1O[C@H](COC(C)=O)[C@@H](OC(C)=O)[C@H](OC(C)=O)[C@H]1OC(C)=O. The highest BCUT2D eigenvalue weighted by atomic mass is 16.7. The van der Waals surface area contributed by atoms with E-state index in [-0.39, 0.29) is 13.2 Å². The summed E-state index contributed by atoms with van der Waals surface area (Å²) in [4.78, 5) is 46.0. The number of esters is 4. The highest BCUT2D eigenvalue weighted by molar-refractivity contribution is 5.68. The van der Waals surface area contributed by atoms with Gasteiger partial charge >= 0.3 is 23.9 Å². The molecule has 1 aliphatic heterocycles. The Labute approximate surface area is 162 Å². The Morgan fingerprint density at radius 1 is 0.821 bits per heavy atom. The van der Waals surface area contributed by atoms with Crippen LogP contribution < -0.4 is 5.32 Å². The molecule has 28 heavy (non-hydrogen) atoms. The van der Waals surface area contributed by atoms with Gasteiger partial charge < -0.3 is 33.7 Å². The average Bonchev–Trinajstić information content (AvgIpc) is 2.57. The lowest BCUT2D eigenvalue weighted by Gasteiger charge is -2.44. The van der Waals surface area contributed by atoms with Gasteiger partial charge in [0.1, 0.15) is 12.7 Å². The maximum Gasteiger partial charge on any atom is 0.303 e. The van der Waals surface area contributed by atoms with Gasteiger partial charge in [-0.2, -0.15) is 0 Å². The van der Waals surface area contributed by atoms with E-state index in [4.69, 9.17) is 28.4 Å². The molecule has 0 saturated carbocycles. The van der Waals surface area contributed by atoms with Gasteiger partial charge in [-0.15, -0.1) is 0 Å². The zero-order chi connectivity index (χ0) is 21.3. The fourth-order valence-electron chi connectivity index (χ4n) is 2.60. The topological polar surface area (TPSA) is 136 Å².